The van der Waals surface area contributed by atoms with Crippen molar-refractivity contribution >= 4 is 5.91 Å². The van der Waals surface area contributed by atoms with E-state index in [1.165, 1.54) is 38.5 Å². The Bertz CT molecular complexity index is 302. The van der Waals surface area contributed by atoms with Gasteiger partial charge in [0.2, 0.25) is 5.91 Å². The highest BCUT2D eigenvalue weighted by Gasteiger charge is 2.39. The molecule has 1 saturated heterocycles. The molecule has 1 saturated carbocycles. The van der Waals surface area contributed by atoms with Crippen molar-refractivity contribution in [1.82, 2.24) is 10.2 Å². The summed E-state index contributed by atoms with van der Waals surface area (Å²) in [6.07, 6.45) is 8.25. The summed E-state index contributed by atoms with van der Waals surface area (Å²) in [4.78, 5) is 13.9. The van der Waals surface area contributed by atoms with Crippen molar-refractivity contribution in [3.05, 3.63) is 0 Å². The lowest BCUT2D eigenvalue weighted by molar-refractivity contribution is -0.124. The Morgan fingerprint density at radius 3 is 2.28 bits per heavy atom. The van der Waals surface area contributed by atoms with E-state index in [1.54, 1.807) is 0 Å². The summed E-state index contributed by atoms with van der Waals surface area (Å²) in [7, 11) is 1.81. The molecule has 1 unspecified atom stereocenters. The summed E-state index contributed by atoms with van der Waals surface area (Å²) in [5.74, 6) is -0.258. The van der Waals surface area contributed by atoms with Gasteiger partial charge in [-0.15, -0.1) is 0 Å². The fourth-order valence-electron chi connectivity index (χ4n) is 3.54. The highest BCUT2D eigenvalue weighted by Crippen LogP contribution is 2.46. The van der Waals surface area contributed by atoms with Gasteiger partial charge in [-0.3, -0.25) is 4.79 Å². The van der Waals surface area contributed by atoms with Crippen LogP contribution in [0.2, 0.25) is 0 Å². The van der Waals surface area contributed by atoms with Gasteiger partial charge in [-0.1, -0.05) is 12.8 Å². The van der Waals surface area contributed by atoms with Crippen LogP contribution in [0.15, 0.2) is 0 Å². The molecule has 4 heteroatoms. The first-order chi connectivity index (χ1) is 8.50. The lowest BCUT2D eigenvalue weighted by Gasteiger charge is -2.42. The molecule has 1 aliphatic heterocycles. The molecule has 18 heavy (non-hydrogen) atoms. The van der Waals surface area contributed by atoms with Crippen LogP contribution in [0.4, 0.5) is 0 Å². The standard InChI is InChI=1S/C14H27N3O/c1-13(16-2,12(15)18)11-17-9-7-14(8-10-17)5-3-4-6-14/h16H,3-11H2,1-2H3,(H2,15,18). The van der Waals surface area contributed by atoms with Crippen molar-refractivity contribution < 1.29 is 4.79 Å². The second kappa shape index (κ2) is 5.17. The number of likely N-dealkylation sites (N-methyl/N-ethyl adjacent to an activating group) is 1. The SMILES string of the molecule is CNC(C)(CN1CCC2(CCCC2)CC1)C(N)=O. The van der Waals surface area contributed by atoms with Gasteiger partial charge < -0.3 is 16.0 Å². The summed E-state index contributed by atoms with van der Waals surface area (Å²) in [6, 6.07) is 0. The second-order valence-corrected chi connectivity index (χ2v) is 6.43. The molecule has 2 aliphatic rings. The molecule has 0 aromatic heterocycles. The minimum Gasteiger partial charge on any atom is -0.368 e. The van der Waals surface area contributed by atoms with Gasteiger partial charge in [0.15, 0.2) is 0 Å². The summed E-state index contributed by atoms with van der Waals surface area (Å²) in [5, 5.41) is 3.07. The predicted molar refractivity (Wildman–Crippen MR) is 73.2 cm³/mol. The average Bonchev–Trinajstić information content (AvgIpc) is 2.81. The molecular weight excluding hydrogens is 226 g/mol. The van der Waals surface area contributed by atoms with E-state index in [9.17, 15) is 4.79 Å². The van der Waals surface area contributed by atoms with E-state index in [2.05, 4.69) is 10.2 Å². The lowest BCUT2D eigenvalue weighted by Crippen LogP contribution is -2.59. The zero-order valence-electron chi connectivity index (χ0n) is 11.8. The van der Waals surface area contributed by atoms with Crippen molar-refractivity contribution in [2.45, 2.75) is 51.0 Å². The highest BCUT2D eigenvalue weighted by molar-refractivity contribution is 5.84. The average molecular weight is 253 g/mol. The van der Waals surface area contributed by atoms with Gasteiger partial charge in [0.1, 0.15) is 5.54 Å². The van der Waals surface area contributed by atoms with Crippen LogP contribution in [0.1, 0.15) is 45.4 Å². The van der Waals surface area contributed by atoms with Crippen LogP contribution in [0, 0.1) is 5.41 Å². The summed E-state index contributed by atoms with van der Waals surface area (Å²) >= 11 is 0. The molecule has 1 atom stereocenters. The van der Waals surface area contributed by atoms with Crippen LogP contribution in [0.25, 0.3) is 0 Å². The number of nitrogens with one attached hydrogen (secondary N) is 1. The Kier molecular flexibility index (Phi) is 3.97. The van der Waals surface area contributed by atoms with Gasteiger partial charge in [-0.25, -0.2) is 0 Å². The number of carbonyl (C=O) groups excluding carboxylic acids is 1. The van der Waals surface area contributed by atoms with Gasteiger partial charge in [-0.05, 0) is 58.2 Å². The van der Waals surface area contributed by atoms with E-state index in [1.807, 2.05) is 14.0 Å². The van der Waals surface area contributed by atoms with Gasteiger partial charge in [-0.2, -0.15) is 0 Å². The molecule has 0 aromatic carbocycles. The maximum atomic E-state index is 11.5. The molecule has 4 nitrogen and oxygen atoms in total. The number of hydrogen-bond donors (Lipinski definition) is 2. The first kappa shape index (κ1) is 13.8. The number of carbonyl (C=O) groups is 1. The molecule has 2 rings (SSSR count). The van der Waals surface area contributed by atoms with Crippen LogP contribution in [-0.2, 0) is 4.79 Å². The zero-order chi connectivity index (χ0) is 13.2. The fourth-order valence-corrected chi connectivity index (χ4v) is 3.54. The predicted octanol–water partition coefficient (Wildman–Crippen LogP) is 1.11. The maximum absolute atomic E-state index is 11.5. The number of likely N-dealkylation sites (tertiary alicyclic amines) is 1. The van der Waals surface area contributed by atoms with Crippen molar-refractivity contribution in [2.24, 2.45) is 11.1 Å². The minimum atomic E-state index is -0.597. The Labute approximate surface area is 110 Å². The molecular formula is C14H27N3O. The lowest BCUT2D eigenvalue weighted by atomic mass is 9.77. The molecule has 3 N–H and O–H groups in total. The fraction of sp³-hybridized carbons (Fsp3) is 0.929. The third-order valence-corrected chi connectivity index (χ3v) is 5.22. The minimum absolute atomic E-state index is 0.258. The van der Waals surface area contributed by atoms with Crippen LogP contribution in [0.5, 0.6) is 0 Å². The number of nitrogens with zero attached hydrogens (tertiary/aromatic N) is 1. The largest absolute Gasteiger partial charge is 0.368 e. The zero-order valence-corrected chi connectivity index (χ0v) is 11.8. The van der Waals surface area contributed by atoms with Crippen LogP contribution >= 0.6 is 0 Å². The Balaban J connectivity index is 1.88. The Morgan fingerprint density at radius 2 is 1.83 bits per heavy atom. The molecule has 1 heterocycles. The molecule has 2 fully saturated rings. The number of amides is 1. The molecule has 0 radical (unpaired) electrons. The van der Waals surface area contributed by atoms with E-state index in [4.69, 9.17) is 5.73 Å². The van der Waals surface area contributed by atoms with Crippen molar-refractivity contribution in [3.63, 3.8) is 0 Å². The molecule has 0 bridgehead atoms. The summed E-state index contributed by atoms with van der Waals surface area (Å²) in [6.45, 7) is 4.86. The van der Waals surface area contributed by atoms with E-state index >= 15 is 0 Å². The normalized spacial score (nSPS) is 27.2. The van der Waals surface area contributed by atoms with Gasteiger partial charge in [0.25, 0.3) is 0 Å². The topological polar surface area (TPSA) is 58.4 Å². The Hall–Kier alpha value is -0.610. The first-order valence-corrected chi connectivity index (χ1v) is 7.21. The Morgan fingerprint density at radius 1 is 1.28 bits per heavy atom. The maximum Gasteiger partial charge on any atom is 0.238 e. The smallest absolute Gasteiger partial charge is 0.238 e. The van der Waals surface area contributed by atoms with Gasteiger partial charge in [0.05, 0.1) is 0 Å². The van der Waals surface area contributed by atoms with E-state index in [0.717, 1.165) is 19.6 Å². The molecule has 104 valence electrons. The molecule has 0 aromatic rings. The summed E-state index contributed by atoms with van der Waals surface area (Å²) in [5.41, 5.74) is 5.53. The summed E-state index contributed by atoms with van der Waals surface area (Å²) < 4.78 is 0. The van der Waals surface area contributed by atoms with E-state index < -0.39 is 5.54 Å². The van der Waals surface area contributed by atoms with Crippen LogP contribution in [0.3, 0.4) is 0 Å². The number of primary amides is 1. The van der Waals surface area contributed by atoms with Crippen molar-refractivity contribution in [1.29, 1.82) is 0 Å². The number of rotatable bonds is 4. The van der Waals surface area contributed by atoms with E-state index in [0.29, 0.717) is 5.41 Å². The van der Waals surface area contributed by atoms with Gasteiger partial charge >= 0.3 is 0 Å². The van der Waals surface area contributed by atoms with E-state index in [-0.39, 0.29) is 5.91 Å². The van der Waals surface area contributed by atoms with Crippen LogP contribution in [-0.4, -0.2) is 43.0 Å². The number of piperidine rings is 1. The van der Waals surface area contributed by atoms with Crippen molar-refractivity contribution in [2.75, 3.05) is 26.7 Å². The van der Waals surface area contributed by atoms with Gasteiger partial charge in [0, 0.05) is 6.54 Å². The number of nitrogens with two attached hydrogens (primary N) is 1. The quantitative estimate of drug-likeness (QED) is 0.789. The highest BCUT2D eigenvalue weighted by atomic mass is 16.1. The first-order valence-electron chi connectivity index (χ1n) is 7.21. The monoisotopic (exact) mass is 253 g/mol. The molecule has 1 amide bonds. The van der Waals surface area contributed by atoms with Crippen molar-refractivity contribution in [3.8, 4) is 0 Å². The molecule has 1 aliphatic carbocycles. The molecule has 1 spiro atoms. The van der Waals surface area contributed by atoms with Crippen LogP contribution < -0.4 is 11.1 Å². The number of hydrogen-bond acceptors (Lipinski definition) is 3. The third-order valence-electron chi connectivity index (χ3n) is 5.22. The third kappa shape index (κ3) is 2.69. The second-order valence-electron chi connectivity index (χ2n) is 6.43.